The van der Waals surface area contributed by atoms with Gasteiger partial charge in [0.25, 0.3) is 0 Å². The Balaban J connectivity index is 1.80. The fourth-order valence-electron chi connectivity index (χ4n) is 1.89. The molecule has 104 valence electrons. The maximum atomic E-state index is 10.8. The first-order valence-corrected chi connectivity index (χ1v) is 6.51. The summed E-state index contributed by atoms with van der Waals surface area (Å²) in [5, 5.41) is 5.80. The van der Waals surface area contributed by atoms with Crippen molar-refractivity contribution in [2.24, 2.45) is 0 Å². The summed E-state index contributed by atoms with van der Waals surface area (Å²) in [7, 11) is 1.96. The van der Waals surface area contributed by atoms with Gasteiger partial charge in [0, 0.05) is 6.04 Å². The van der Waals surface area contributed by atoms with Crippen molar-refractivity contribution in [1.29, 1.82) is 0 Å². The number of hydrogen-bond acceptors (Lipinski definition) is 4. The first-order valence-electron chi connectivity index (χ1n) is 6.51. The van der Waals surface area contributed by atoms with Crippen molar-refractivity contribution >= 4 is 6.09 Å². The second-order valence-electron chi connectivity index (χ2n) is 4.76. The molecule has 0 radical (unpaired) electrons. The molecule has 1 aromatic rings. The van der Waals surface area contributed by atoms with Gasteiger partial charge in [-0.1, -0.05) is 12.1 Å². The lowest BCUT2D eigenvalue weighted by molar-refractivity contribution is 0.105. The molecule has 2 unspecified atom stereocenters. The highest BCUT2D eigenvalue weighted by Crippen LogP contribution is 2.14. The number of carbonyl (C=O) groups is 1. The minimum absolute atomic E-state index is 0.198. The summed E-state index contributed by atoms with van der Waals surface area (Å²) in [4.78, 5) is 10.8. The molecule has 1 amide bonds. The SMILES string of the molecule is CNC(C)Cc1ccc(OCC2CNC(=O)O2)cc1. The molecule has 0 aromatic heterocycles. The number of alkyl carbamates (subject to hydrolysis) is 1. The number of carbonyl (C=O) groups excluding carboxylic acids is 1. The van der Waals surface area contributed by atoms with Crippen LogP contribution in [-0.2, 0) is 11.2 Å². The van der Waals surface area contributed by atoms with Crippen LogP contribution in [-0.4, -0.2) is 38.4 Å². The number of amides is 1. The Morgan fingerprint density at radius 1 is 1.47 bits per heavy atom. The molecule has 1 saturated heterocycles. The highest BCUT2D eigenvalue weighted by molar-refractivity contribution is 5.69. The normalized spacial score (nSPS) is 19.7. The van der Waals surface area contributed by atoms with Gasteiger partial charge in [-0.3, -0.25) is 0 Å². The molecule has 2 N–H and O–H groups in total. The Labute approximate surface area is 113 Å². The van der Waals surface area contributed by atoms with Gasteiger partial charge < -0.3 is 20.1 Å². The van der Waals surface area contributed by atoms with E-state index < -0.39 is 0 Å². The molecule has 5 nitrogen and oxygen atoms in total. The molecule has 0 aliphatic carbocycles. The van der Waals surface area contributed by atoms with E-state index in [0.29, 0.717) is 19.2 Å². The van der Waals surface area contributed by atoms with Crippen LogP contribution in [0.4, 0.5) is 4.79 Å². The maximum absolute atomic E-state index is 10.8. The first kappa shape index (κ1) is 13.7. The Morgan fingerprint density at radius 2 is 2.21 bits per heavy atom. The van der Waals surface area contributed by atoms with Gasteiger partial charge in [-0.2, -0.15) is 0 Å². The molecule has 0 bridgehead atoms. The van der Waals surface area contributed by atoms with Gasteiger partial charge in [-0.15, -0.1) is 0 Å². The van der Waals surface area contributed by atoms with Gasteiger partial charge in [0.1, 0.15) is 12.4 Å². The summed E-state index contributed by atoms with van der Waals surface area (Å²) in [6, 6.07) is 8.46. The summed E-state index contributed by atoms with van der Waals surface area (Å²) in [5.74, 6) is 0.795. The third kappa shape index (κ3) is 4.13. The quantitative estimate of drug-likeness (QED) is 0.813. The number of ether oxygens (including phenoxy) is 2. The average Bonchev–Trinajstić information content (AvgIpc) is 2.83. The van der Waals surface area contributed by atoms with Gasteiger partial charge in [0.2, 0.25) is 0 Å². The van der Waals surface area contributed by atoms with Crippen LogP contribution in [0.2, 0.25) is 0 Å². The van der Waals surface area contributed by atoms with Crippen molar-refractivity contribution in [2.45, 2.75) is 25.5 Å². The summed E-state index contributed by atoms with van der Waals surface area (Å²) >= 11 is 0. The van der Waals surface area contributed by atoms with Crippen LogP contribution >= 0.6 is 0 Å². The predicted molar refractivity (Wildman–Crippen MR) is 72.4 cm³/mol. The molecule has 0 saturated carbocycles. The number of rotatable bonds is 6. The van der Waals surface area contributed by atoms with Crippen molar-refractivity contribution in [3.8, 4) is 5.75 Å². The monoisotopic (exact) mass is 264 g/mol. The van der Waals surface area contributed by atoms with Crippen LogP contribution in [0.5, 0.6) is 5.75 Å². The first-order chi connectivity index (χ1) is 9.17. The van der Waals surface area contributed by atoms with E-state index in [1.54, 1.807) is 0 Å². The number of nitrogens with one attached hydrogen (secondary N) is 2. The molecule has 5 heteroatoms. The second kappa shape index (κ2) is 6.43. The molecule has 1 fully saturated rings. The Morgan fingerprint density at radius 3 is 2.79 bits per heavy atom. The molecule has 1 aliphatic heterocycles. The number of hydrogen-bond donors (Lipinski definition) is 2. The van der Waals surface area contributed by atoms with Crippen LogP contribution in [0.3, 0.4) is 0 Å². The van der Waals surface area contributed by atoms with Gasteiger partial charge in [0.15, 0.2) is 6.10 Å². The summed E-state index contributed by atoms with van der Waals surface area (Å²) in [5.41, 5.74) is 1.27. The largest absolute Gasteiger partial charge is 0.490 e. The molecule has 1 aromatic carbocycles. The minimum atomic E-state index is -0.370. The van der Waals surface area contributed by atoms with E-state index in [1.807, 2.05) is 19.2 Å². The Hall–Kier alpha value is -1.75. The molecule has 2 atom stereocenters. The number of cyclic esters (lactones) is 1. The molecule has 2 rings (SSSR count). The smallest absolute Gasteiger partial charge is 0.407 e. The Kier molecular flexibility index (Phi) is 4.63. The molecule has 19 heavy (non-hydrogen) atoms. The lowest BCUT2D eigenvalue weighted by atomic mass is 10.1. The van der Waals surface area contributed by atoms with E-state index in [9.17, 15) is 4.79 Å². The fourth-order valence-corrected chi connectivity index (χ4v) is 1.89. The zero-order valence-corrected chi connectivity index (χ0v) is 11.3. The lowest BCUT2D eigenvalue weighted by Crippen LogP contribution is -2.23. The van der Waals surface area contributed by atoms with E-state index in [0.717, 1.165) is 12.2 Å². The highest BCUT2D eigenvalue weighted by atomic mass is 16.6. The van der Waals surface area contributed by atoms with Gasteiger partial charge in [-0.05, 0) is 38.1 Å². The van der Waals surface area contributed by atoms with E-state index in [1.165, 1.54) is 5.56 Å². The van der Waals surface area contributed by atoms with Gasteiger partial charge >= 0.3 is 6.09 Å². The number of benzene rings is 1. The second-order valence-corrected chi connectivity index (χ2v) is 4.76. The molecular weight excluding hydrogens is 244 g/mol. The standard InChI is InChI=1S/C14H20N2O3/c1-10(15-2)7-11-3-5-12(6-4-11)18-9-13-8-16-14(17)19-13/h3-6,10,13,15H,7-9H2,1-2H3,(H,16,17). The molecule has 0 spiro atoms. The predicted octanol–water partition coefficient (Wildman–Crippen LogP) is 1.32. The van der Waals surface area contributed by atoms with Gasteiger partial charge in [0.05, 0.1) is 6.54 Å². The zero-order valence-electron chi connectivity index (χ0n) is 11.3. The number of likely N-dealkylation sites (N-methyl/N-ethyl adjacent to an activating group) is 1. The van der Waals surface area contributed by atoms with Gasteiger partial charge in [-0.25, -0.2) is 4.79 Å². The van der Waals surface area contributed by atoms with Crippen molar-refractivity contribution < 1.29 is 14.3 Å². The van der Waals surface area contributed by atoms with Crippen molar-refractivity contribution in [3.63, 3.8) is 0 Å². The third-order valence-electron chi connectivity index (χ3n) is 3.14. The highest BCUT2D eigenvalue weighted by Gasteiger charge is 2.22. The van der Waals surface area contributed by atoms with Crippen LogP contribution in [0.25, 0.3) is 0 Å². The topological polar surface area (TPSA) is 59.6 Å². The van der Waals surface area contributed by atoms with E-state index in [-0.39, 0.29) is 12.2 Å². The molecule has 1 heterocycles. The maximum Gasteiger partial charge on any atom is 0.407 e. The van der Waals surface area contributed by atoms with Crippen molar-refractivity contribution in [3.05, 3.63) is 29.8 Å². The summed E-state index contributed by atoms with van der Waals surface area (Å²) in [6.07, 6.45) is 0.419. The van der Waals surface area contributed by atoms with Crippen LogP contribution in [0.1, 0.15) is 12.5 Å². The van der Waals surface area contributed by atoms with Crippen molar-refractivity contribution in [1.82, 2.24) is 10.6 Å². The average molecular weight is 264 g/mol. The lowest BCUT2D eigenvalue weighted by Gasteiger charge is -2.12. The van der Waals surface area contributed by atoms with Crippen molar-refractivity contribution in [2.75, 3.05) is 20.2 Å². The van der Waals surface area contributed by atoms with E-state index in [2.05, 4.69) is 29.7 Å². The Bertz CT molecular complexity index is 419. The fraction of sp³-hybridized carbons (Fsp3) is 0.500. The van der Waals surface area contributed by atoms with E-state index in [4.69, 9.17) is 9.47 Å². The van der Waals surface area contributed by atoms with Crippen LogP contribution in [0.15, 0.2) is 24.3 Å². The summed E-state index contributed by atoms with van der Waals surface area (Å²) in [6.45, 7) is 3.04. The molecular formula is C14H20N2O3. The van der Waals surface area contributed by atoms with E-state index >= 15 is 0 Å². The third-order valence-corrected chi connectivity index (χ3v) is 3.14. The zero-order chi connectivity index (χ0) is 13.7. The van der Waals surface area contributed by atoms with Crippen LogP contribution in [0, 0.1) is 0 Å². The van der Waals surface area contributed by atoms with Crippen LogP contribution < -0.4 is 15.4 Å². The minimum Gasteiger partial charge on any atom is -0.490 e. The molecule has 1 aliphatic rings. The summed E-state index contributed by atoms with van der Waals surface area (Å²) < 4.78 is 10.6.